The second-order valence-corrected chi connectivity index (χ2v) is 4.30. The second-order valence-electron chi connectivity index (χ2n) is 3.90. The molecule has 3 aromatic rings. The zero-order chi connectivity index (χ0) is 13.4. The zero-order valence-corrected chi connectivity index (χ0v) is 10.3. The number of imidazole rings is 1. The van der Waals surface area contributed by atoms with Crippen LogP contribution in [0.2, 0.25) is 0 Å². The van der Waals surface area contributed by atoms with Gasteiger partial charge in [-0.25, -0.2) is 4.39 Å². The maximum atomic E-state index is 13.5. The van der Waals surface area contributed by atoms with Gasteiger partial charge in [0.05, 0.1) is 28.5 Å². The third-order valence-corrected chi connectivity index (χ3v) is 2.79. The fourth-order valence-corrected chi connectivity index (χ4v) is 2.02. The van der Waals surface area contributed by atoms with Crippen molar-refractivity contribution in [2.24, 2.45) is 0 Å². The Kier molecular flexibility index (Phi) is 2.64. The van der Waals surface area contributed by atoms with Gasteiger partial charge in [-0.3, -0.25) is 9.89 Å². The van der Waals surface area contributed by atoms with Gasteiger partial charge in [-0.05, 0) is 24.4 Å². The Morgan fingerprint density at radius 1 is 1.37 bits per heavy atom. The highest BCUT2D eigenvalue weighted by molar-refractivity contribution is 7.71. The van der Waals surface area contributed by atoms with Crippen molar-refractivity contribution in [3.05, 3.63) is 40.7 Å². The summed E-state index contributed by atoms with van der Waals surface area (Å²) >= 11 is 4.94. The Balaban J connectivity index is 2.08. The lowest BCUT2D eigenvalue weighted by atomic mass is 10.1. The normalized spacial score (nSPS) is 10.8. The SMILES string of the molecule is O=C(Nc1cn[nH]c1)c1cc(F)cc2[nH]c(=S)[nH]c12. The van der Waals surface area contributed by atoms with E-state index in [1.165, 1.54) is 18.5 Å². The minimum Gasteiger partial charge on any atom is -0.331 e. The number of nitrogens with one attached hydrogen (secondary N) is 4. The molecule has 2 heterocycles. The summed E-state index contributed by atoms with van der Waals surface area (Å²) in [5.41, 5.74) is 1.58. The van der Waals surface area contributed by atoms with E-state index in [4.69, 9.17) is 12.2 Å². The van der Waals surface area contributed by atoms with Crippen LogP contribution in [0, 0.1) is 10.6 Å². The van der Waals surface area contributed by atoms with Crippen LogP contribution in [-0.4, -0.2) is 26.1 Å². The van der Waals surface area contributed by atoms with Crippen molar-refractivity contribution in [2.75, 3.05) is 5.32 Å². The molecule has 0 fully saturated rings. The number of hydrogen-bond acceptors (Lipinski definition) is 3. The molecule has 0 aliphatic carbocycles. The standard InChI is InChI=1S/C11H8FN5OS/c12-5-1-7(9-8(2-5)16-11(19)17-9)10(18)15-6-3-13-14-4-6/h1-4H,(H,13,14)(H,15,18)(H2,16,17,19). The van der Waals surface area contributed by atoms with Crippen LogP contribution in [-0.2, 0) is 0 Å². The summed E-state index contributed by atoms with van der Waals surface area (Å²) in [6.07, 6.45) is 2.97. The second kappa shape index (κ2) is 4.32. The molecule has 3 rings (SSSR count). The molecule has 1 aromatic carbocycles. The monoisotopic (exact) mass is 277 g/mol. The summed E-state index contributed by atoms with van der Waals surface area (Å²) in [4.78, 5) is 17.7. The number of rotatable bonds is 2. The van der Waals surface area contributed by atoms with E-state index >= 15 is 0 Å². The number of H-pyrrole nitrogens is 3. The van der Waals surface area contributed by atoms with Gasteiger partial charge in [-0.2, -0.15) is 5.10 Å². The van der Waals surface area contributed by atoms with Gasteiger partial charge in [0, 0.05) is 6.20 Å². The first kappa shape index (κ1) is 11.6. The average Bonchev–Trinajstić information content (AvgIpc) is 2.96. The van der Waals surface area contributed by atoms with Gasteiger partial charge < -0.3 is 15.3 Å². The van der Waals surface area contributed by atoms with Gasteiger partial charge in [0.2, 0.25) is 0 Å². The fraction of sp³-hybridized carbons (Fsp3) is 0. The van der Waals surface area contributed by atoms with Gasteiger partial charge in [0.1, 0.15) is 5.82 Å². The molecule has 4 N–H and O–H groups in total. The van der Waals surface area contributed by atoms with Crippen molar-refractivity contribution in [3.63, 3.8) is 0 Å². The smallest absolute Gasteiger partial charge is 0.258 e. The Morgan fingerprint density at radius 2 is 2.21 bits per heavy atom. The van der Waals surface area contributed by atoms with Crippen molar-refractivity contribution in [2.45, 2.75) is 0 Å². The lowest BCUT2D eigenvalue weighted by Gasteiger charge is -2.04. The van der Waals surface area contributed by atoms with Crippen LogP contribution in [0.1, 0.15) is 10.4 Å². The number of aromatic amines is 3. The number of amides is 1. The summed E-state index contributed by atoms with van der Waals surface area (Å²) in [5.74, 6) is -0.966. The molecule has 0 aliphatic heterocycles. The number of benzene rings is 1. The molecule has 0 spiro atoms. The summed E-state index contributed by atoms with van der Waals surface area (Å²) < 4.78 is 13.8. The molecule has 0 saturated heterocycles. The fourth-order valence-electron chi connectivity index (χ4n) is 1.80. The van der Waals surface area contributed by atoms with E-state index in [2.05, 4.69) is 25.5 Å². The summed E-state index contributed by atoms with van der Waals surface area (Å²) in [5, 5.41) is 8.88. The predicted octanol–water partition coefficient (Wildman–Crippen LogP) is 2.34. The largest absolute Gasteiger partial charge is 0.331 e. The van der Waals surface area contributed by atoms with Crippen molar-refractivity contribution >= 4 is 34.8 Å². The van der Waals surface area contributed by atoms with Crippen LogP contribution in [0.25, 0.3) is 11.0 Å². The molecule has 2 aromatic heterocycles. The zero-order valence-electron chi connectivity index (χ0n) is 9.45. The van der Waals surface area contributed by atoms with Crippen LogP contribution in [0.5, 0.6) is 0 Å². The third-order valence-electron chi connectivity index (χ3n) is 2.59. The number of anilines is 1. The van der Waals surface area contributed by atoms with Gasteiger partial charge in [0.25, 0.3) is 5.91 Å². The van der Waals surface area contributed by atoms with Crippen LogP contribution in [0.15, 0.2) is 24.5 Å². The molecule has 96 valence electrons. The minimum absolute atomic E-state index is 0.170. The number of fused-ring (bicyclic) bond motifs is 1. The minimum atomic E-state index is -0.518. The highest BCUT2D eigenvalue weighted by Crippen LogP contribution is 2.19. The topological polar surface area (TPSA) is 89.4 Å². The van der Waals surface area contributed by atoms with Crippen LogP contribution in [0.3, 0.4) is 0 Å². The quantitative estimate of drug-likeness (QED) is 0.542. The highest BCUT2D eigenvalue weighted by atomic mass is 32.1. The van der Waals surface area contributed by atoms with E-state index in [-0.39, 0.29) is 5.56 Å². The Bertz CT molecular complexity index is 804. The van der Waals surface area contributed by atoms with Crippen molar-refractivity contribution < 1.29 is 9.18 Å². The Morgan fingerprint density at radius 3 is 2.95 bits per heavy atom. The molecule has 8 heteroatoms. The van der Waals surface area contributed by atoms with Gasteiger partial charge >= 0.3 is 0 Å². The molecule has 0 unspecified atom stereocenters. The molecule has 0 aliphatic rings. The number of aromatic nitrogens is 4. The number of carbonyl (C=O) groups is 1. The first-order valence-electron chi connectivity index (χ1n) is 5.35. The van der Waals surface area contributed by atoms with E-state index in [0.717, 1.165) is 6.07 Å². The maximum Gasteiger partial charge on any atom is 0.258 e. The van der Waals surface area contributed by atoms with Crippen molar-refractivity contribution in [1.82, 2.24) is 20.2 Å². The average molecular weight is 277 g/mol. The molecular formula is C11H8FN5OS. The van der Waals surface area contributed by atoms with E-state index in [0.29, 0.717) is 21.5 Å². The first-order valence-corrected chi connectivity index (χ1v) is 5.76. The van der Waals surface area contributed by atoms with E-state index < -0.39 is 11.7 Å². The van der Waals surface area contributed by atoms with Crippen LogP contribution < -0.4 is 5.32 Å². The number of nitrogens with zero attached hydrogens (tertiary/aromatic N) is 1. The molecule has 1 amide bonds. The number of hydrogen-bond donors (Lipinski definition) is 4. The summed E-state index contributed by atoms with van der Waals surface area (Å²) in [7, 11) is 0. The highest BCUT2D eigenvalue weighted by Gasteiger charge is 2.14. The maximum absolute atomic E-state index is 13.5. The first-order chi connectivity index (χ1) is 9.13. The summed E-state index contributed by atoms with van der Waals surface area (Å²) in [6, 6.07) is 2.42. The molecular weight excluding hydrogens is 269 g/mol. The molecule has 0 bridgehead atoms. The molecule has 19 heavy (non-hydrogen) atoms. The summed E-state index contributed by atoms with van der Waals surface area (Å²) in [6.45, 7) is 0. The van der Waals surface area contributed by atoms with E-state index in [1.807, 2.05) is 0 Å². The van der Waals surface area contributed by atoms with Crippen molar-refractivity contribution in [1.29, 1.82) is 0 Å². The van der Waals surface area contributed by atoms with Crippen LogP contribution >= 0.6 is 12.2 Å². The van der Waals surface area contributed by atoms with Crippen molar-refractivity contribution in [3.8, 4) is 0 Å². The molecule has 6 nitrogen and oxygen atoms in total. The number of halogens is 1. The molecule has 0 saturated carbocycles. The van der Waals surface area contributed by atoms with Gasteiger partial charge in [-0.1, -0.05) is 0 Å². The lowest BCUT2D eigenvalue weighted by molar-refractivity contribution is 0.102. The van der Waals surface area contributed by atoms with E-state index in [9.17, 15) is 9.18 Å². The van der Waals surface area contributed by atoms with E-state index in [1.54, 1.807) is 0 Å². The molecule has 0 radical (unpaired) electrons. The number of carbonyl (C=O) groups excluding carboxylic acids is 1. The Labute approximate surface area is 111 Å². The molecule has 0 atom stereocenters. The van der Waals surface area contributed by atoms with Crippen LogP contribution in [0.4, 0.5) is 10.1 Å². The predicted molar refractivity (Wildman–Crippen MR) is 70.0 cm³/mol. The lowest BCUT2D eigenvalue weighted by Crippen LogP contribution is -2.12. The Hall–Kier alpha value is -2.48. The third kappa shape index (κ3) is 2.13. The van der Waals surface area contributed by atoms with Gasteiger partial charge in [-0.15, -0.1) is 0 Å². The van der Waals surface area contributed by atoms with Gasteiger partial charge in [0.15, 0.2) is 4.77 Å².